The molecule has 0 bridgehead atoms. The van der Waals surface area contributed by atoms with E-state index in [1.807, 2.05) is 54.6 Å². The molecule has 0 radical (unpaired) electrons. The fourth-order valence-corrected chi connectivity index (χ4v) is 2.83. The molecular weight excluding hydrogens is 354 g/mol. The second-order valence-electron chi connectivity index (χ2n) is 6.74. The highest BCUT2D eigenvalue weighted by atomic mass is 16.6. The third-order valence-corrected chi connectivity index (χ3v) is 4.39. The zero-order valence-corrected chi connectivity index (χ0v) is 15.9. The van der Waals surface area contributed by atoms with Crippen molar-refractivity contribution in [1.29, 1.82) is 0 Å². The molecule has 0 aliphatic heterocycles. The molecule has 0 atom stereocenters. The first-order valence-corrected chi connectivity index (χ1v) is 9.18. The lowest BCUT2D eigenvalue weighted by molar-refractivity contribution is -0.383. The molecule has 0 aliphatic rings. The van der Waals surface area contributed by atoms with Crippen molar-refractivity contribution in [3.05, 3.63) is 82.2 Å². The number of hydrogen-bond donors (Lipinski definition) is 2. The quantitative estimate of drug-likeness (QED) is 0.428. The number of benzene rings is 2. The van der Waals surface area contributed by atoms with Crippen LogP contribution in [0.1, 0.15) is 30.9 Å². The minimum atomic E-state index is -0.463. The number of hydrogen-bond acceptors (Lipinski definition) is 6. The van der Waals surface area contributed by atoms with Gasteiger partial charge in [0.05, 0.1) is 4.92 Å². The van der Waals surface area contributed by atoms with Crippen molar-refractivity contribution in [2.75, 3.05) is 17.2 Å². The van der Waals surface area contributed by atoms with E-state index in [0.29, 0.717) is 12.5 Å². The number of rotatable bonds is 8. The minimum Gasteiger partial charge on any atom is -0.364 e. The van der Waals surface area contributed by atoms with Gasteiger partial charge < -0.3 is 10.6 Å². The van der Waals surface area contributed by atoms with Gasteiger partial charge in [0.1, 0.15) is 6.33 Å². The Labute approximate surface area is 164 Å². The molecule has 28 heavy (non-hydrogen) atoms. The SMILES string of the molecule is CC(C)c1ccc(Nc2ncnc(NCCc3ccccc3)c2[N+](=O)[O-])cc1. The highest BCUT2D eigenvalue weighted by Crippen LogP contribution is 2.31. The van der Waals surface area contributed by atoms with Crippen molar-refractivity contribution in [2.24, 2.45) is 0 Å². The molecule has 3 aromatic rings. The Morgan fingerprint density at radius 2 is 1.68 bits per heavy atom. The number of anilines is 3. The summed E-state index contributed by atoms with van der Waals surface area (Å²) >= 11 is 0. The molecule has 2 aromatic carbocycles. The third-order valence-electron chi connectivity index (χ3n) is 4.39. The fourth-order valence-electron chi connectivity index (χ4n) is 2.83. The van der Waals surface area contributed by atoms with Gasteiger partial charge in [-0.25, -0.2) is 9.97 Å². The molecule has 7 heteroatoms. The Balaban J connectivity index is 1.76. The average molecular weight is 377 g/mol. The van der Waals surface area contributed by atoms with Gasteiger partial charge in [-0.3, -0.25) is 10.1 Å². The van der Waals surface area contributed by atoms with E-state index < -0.39 is 4.92 Å². The van der Waals surface area contributed by atoms with Gasteiger partial charge in [0.25, 0.3) is 0 Å². The van der Waals surface area contributed by atoms with E-state index in [1.54, 1.807) is 0 Å². The van der Waals surface area contributed by atoms with Gasteiger partial charge in [-0.2, -0.15) is 0 Å². The van der Waals surface area contributed by atoms with E-state index in [1.165, 1.54) is 11.9 Å². The van der Waals surface area contributed by atoms with Crippen LogP contribution in [0.5, 0.6) is 0 Å². The molecule has 0 fully saturated rings. The fraction of sp³-hybridized carbons (Fsp3) is 0.238. The highest BCUT2D eigenvalue weighted by Gasteiger charge is 2.23. The smallest absolute Gasteiger partial charge is 0.353 e. The maximum Gasteiger partial charge on any atom is 0.353 e. The van der Waals surface area contributed by atoms with Crippen LogP contribution in [0.25, 0.3) is 0 Å². The van der Waals surface area contributed by atoms with Crippen LogP contribution < -0.4 is 10.6 Å². The van der Waals surface area contributed by atoms with E-state index in [9.17, 15) is 10.1 Å². The van der Waals surface area contributed by atoms with Gasteiger partial charge in [0, 0.05) is 12.2 Å². The van der Waals surface area contributed by atoms with Crippen LogP contribution in [-0.2, 0) is 6.42 Å². The first-order chi connectivity index (χ1) is 13.5. The largest absolute Gasteiger partial charge is 0.364 e. The number of nitrogens with one attached hydrogen (secondary N) is 2. The van der Waals surface area contributed by atoms with E-state index in [4.69, 9.17) is 0 Å². The Morgan fingerprint density at radius 1 is 1.00 bits per heavy atom. The summed E-state index contributed by atoms with van der Waals surface area (Å²) in [5.41, 5.74) is 2.92. The van der Waals surface area contributed by atoms with E-state index in [0.717, 1.165) is 17.7 Å². The molecule has 7 nitrogen and oxygen atoms in total. The van der Waals surface area contributed by atoms with Gasteiger partial charge >= 0.3 is 5.69 Å². The molecule has 1 heterocycles. The standard InChI is InChI=1S/C21H23N5O2/c1-15(2)17-8-10-18(11-9-17)25-21-19(26(27)28)20(23-14-24-21)22-13-12-16-6-4-3-5-7-16/h3-11,14-15H,12-13H2,1-2H3,(H2,22,23,24,25). The average Bonchev–Trinajstić information content (AvgIpc) is 2.69. The Hall–Kier alpha value is -3.48. The Kier molecular flexibility index (Phi) is 6.16. The number of aromatic nitrogens is 2. The first-order valence-electron chi connectivity index (χ1n) is 9.18. The summed E-state index contributed by atoms with van der Waals surface area (Å²) in [6, 6.07) is 17.7. The summed E-state index contributed by atoms with van der Waals surface area (Å²) in [7, 11) is 0. The van der Waals surface area contributed by atoms with Crippen molar-refractivity contribution in [3.63, 3.8) is 0 Å². The summed E-state index contributed by atoms with van der Waals surface area (Å²) < 4.78 is 0. The summed E-state index contributed by atoms with van der Waals surface area (Å²) in [6.45, 7) is 4.76. The molecule has 0 spiro atoms. The zero-order valence-electron chi connectivity index (χ0n) is 15.9. The zero-order chi connectivity index (χ0) is 19.9. The van der Waals surface area contributed by atoms with Crippen molar-refractivity contribution < 1.29 is 4.92 Å². The molecule has 0 saturated heterocycles. The Bertz CT molecular complexity index is 927. The molecule has 1 aromatic heterocycles. The lowest BCUT2D eigenvalue weighted by Gasteiger charge is -2.11. The molecule has 0 amide bonds. The maximum atomic E-state index is 11.7. The van der Waals surface area contributed by atoms with E-state index in [-0.39, 0.29) is 17.3 Å². The molecular formula is C21H23N5O2. The van der Waals surface area contributed by atoms with Crippen LogP contribution in [0, 0.1) is 10.1 Å². The van der Waals surface area contributed by atoms with Crippen molar-refractivity contribution in [2.45, 2.75) is 26.2 Å². The van der Waals surface area contributed by atoms with Gasteiger partial charge in [0.15, 0.2) is 0 Å². The summed E-state index contributed by atoms with van der Waals surface area (Å²) in [5, 5.41) is 17.8. The van der Waals surface area contributed by atoms with Gasteiger partial charge in [-0.15, -0.1) is 0 Å². The lowest BCUT2D eigenvalue weighted by atomic mass is 10.0. The normalized spacial score (nSPS) is 10.7. The van der Waals surface area contributed by atoms with Crippen molar-refractivity contribution >= 4 is 23.0 Å². The van der Waals surface area contributed by atoms with Gasteiger partial charge in [0.2, 0.25) is 11.6 Å². The summed E-state index contributed by atoms with van der Waals surface area (Å²) in [6.07, 6.45) is 2.06. The highest BCUT2D eigenvalue weighted by molar-refractivity contribution is 5.73. The van der Waals surface area contributed by atoms with Crippen LogP contribution in [0.4, 0.5) is 23.0 Å². The second kappa shape index (κ2) is 8.94. The van der Waals surface area contributed by atoms with Crippen LogP contribution >= 0.6 is 0 Å². The molecule has 0 aliphatic carbocycles. The number of nitro groups is 1. The molecule has 0 unspecified atom stereocenters. The van der Waals surface area contributed by atoms with Crippen molar-refractivity contribution in [3.8, 4) is 0 Å². The molecule has 3 rings (SSSR count). The summed E-state index contributed by atoms with van der Waals surface area (Å²) in [4.78, 5) is 19.3. The molecule has 2 N–H and O–H groups in total. The minimum absolute atomic E-state index is 0.163. The Morgan fingerprint density at radius 3 is 2.32 bits per heavy atom. The van der Waals surface area contributed by atoms with Crippen LogP contribution in [0.2, 0.25) is 0 Å². The first kappa shape index (κ1) is 19.3. The van der Waals surface area contributed by atoms with Gasteiger partial charge in [-0.05, 0) is 35.6 Å². The van der Waals surface area contributed by atoms with E-state index >= 15 is 0 Å². The van der Waals surface area contributed by atoms with Crippen LogP contribution in [0.15, 0.2) is 60.9 Å². The molecule has 0 saturated carbocycles. The topological polar surface area (TPSA) is 93.0 Å². The molecule has 144 valence electrons. The second-order valence-corrected chi connectivity index (χ2v) is 6.74. The third kappa shape index (κ3) is 4.82. The lowest BCUT2D eigenvalue weighted by Crippen LogP contribution is -2.10. The van der Waals surface area contributed by atoms with E-state index in [2.05, 4.69) is 34.4 Å². The summed E-state index contributed by atoms with van der Waals surface area (Å²) in [5.74, 6) is 0.791. The number of nitrogens with zero attached hydrogens (tertiary/aromatic N) is 3. The predicted octanol–water partition coefficient (Wildman–Crippen LogP) is 4.91. The maximum absolute atomic E-state index is 11.7. The monoisotopic (exact) mass is 377 g/mol. The predicted molar refractivity (Wildman–Crippen MR) is 111 cm³/mol. The van der Waals surface area contributed by atoms with Crippen LogP contribution in [0.3, 0.4) is 0 Å². The van der Waals surface area contributed by atoms with Crippen molar-refractivity contribution in [1.82, 2.24) is 9.97 Å². The van der Waals surface area contributed by atoms with Gasteiger partial charge in [-0.1, -0.05) is 56.3 Å². The van der Waals surface area contributed by atoms with Crippen LogP contribution in [-0.4, -0.2) is 21.4 Å².